The zero-order chi connectivity index (χ0) is 20.1. The minimum atomic E-state index is -3.24. The topological polar surface area (TPSA) is 64.3 Å². The highest BCUT2D eigenvalue weighted by Gasteiger charge is 2.19. The molecule has 0 N–H and O–H groups in total. The predicted octanol–water partition coefficient (Wildman–Crippen LogP) is 4.39. The van der Waals surface area contributed by atoms with Crippen molar-refractivity contribution in [3.8, 4) is 22.4 Å². The molecule has 142 valence electrons. The van der Waals surface area contributed by atoms with Gasteiger partial charge in [0.1, 0.15) is 5.69 Å². The molecule has 0 saturated heterocycles. The van der Waals surface area contributed by atoms with Crippen molar-refractivity contribution in [1.82, 2.24) is 14.6 Å². The Balaban J connectivity index is 2.01. The third kappa shape index (κ3) is 3.10. The molecule has 4 rings (SSSR count). The Kier molecular flexibility index (Phi) is 4.31. The highest BCUT2D eigenvalue weighted by molar-refractivity contribution is 7.90. The number of fused-ring (bicyclic) bond motifs is 1. The van der Waals surface area contributed by atoms with E-state index >= 15 is 0 Å². The van der Waals surface area contributed by atoms with E-state index < -0.39 is 9.84 Å². The highest BCUT2D eigenvalue weighted by atomic mass is 32.2. The predicted molar refractivity (Wildman–Crippen MR) is 111 cm³/mol. The lowest BCUT2D eigenvalue weighted by atomic mass is 10.0. The van der Waals surface area contributed by atoms with E-state index in [2.05, 4.69) is 36.2 Å². The normalized spacial score (nSPS) is 11.9. The number of rotatable bonds is 3. The maximum atomic E-state index is 11.8. The summed E-state index contributed by atoms with van der Waals surface area (Å²) in [5.41, 5.74) is 7.65. The second-order valence-corrected chi connectivity index (χ2v) is 9.16. The molecule has 0 aliphatic rings. The van der Waals surface area contributed by atoms with E-state index in [0.29, 0.717) is 4.90 Å². The van der Waals surface area contributed by atoms with Crippen LogP contribution in [0.25, 0.3) is 28.0 Å². The van der Waals surface area contributed by atoms with Gasteiger partial charge in [0.2, 0.25) is 0 Å². The number of aromatic nitrogens is 3. The Morgan fingerprint density at radius 1 is 0.857 bits per heavy atom. The first-order chi connectivity index (χ1) is 13.3. The molecule has 0 amide bonds. The van der Waals surface area contributed by atoms with Crippen LogP contribution in [0.2, 0.25) is 0 Å². The van der Waals surface area contributed by atoms with Gasteiger partial charge in [-0.2, -0.15) is 5.10 Å². The number of sulfone groups is 1. The maximum Gasteiger partial charge on any atom is 0.175 e. The van der Waals surface area contributed by atoms with Crippen LogP contribution in [0.4, 0.5) is 0 Å². The van der Waals surface area contributed by atoms with E-state index in [0.717, 1.165) is 39.3 Å². The Labute approximate surface area is 164 Å². The van der Waals surface area contributed by atoms with Crippen molar-refractivity contribution in [1.29, 1.82) is 0 Å². The summed E-state index contributed by atoms with van der Waals surface area (Å²) in [7, 11) is -3.24. The fourth-order valence-corrected chi connectivity index (χ4v) is 3.86. The van der Waals surface area contributed by atoms with Crippen LogP contribution in [-0.2, 0) is 9.84 Å². The lowest BCUT2D eigenvalue weighted by molar-refractivity contribution is 0.602. The van der Waals surface area contributed by atoms with Gasteiger partial charge < -0.3 is 0 Å². The molecule has 0 bridgehead atoms. The Morgan fingerprint density at radius 2 is 1.46 bits per heavy atom. The standard InChI is InChI=1S/C22H21N3O2S/c1-14-5-7-17(8-6-14)20-21(18-9-11-19(12-10-18)28(4,26)27)24-25-16(3)15(2)13-23-22(20)25/h5-13H,1-4H3. The van der Waals surface area contributed by atoms with Crippen LogP contribution in [0.3, 0.4) is 0 Å². The van der Waals surface area contributed by atoms with Crippen molar-refractivity contribution in [3.05, 3.63) is 71.5 Å². The van der Waals surface area contributed by atoms with E-state index in [1.54, 1.807) is 24.3 Å². The largest absolute Gasteiger partial charge is 0.236 e. The highest BCUT2D eigenvalue weighted by Crippen LogP contribution is 2.35. The Hall–Kier alpha value is -2.99. The first-order valence-electron chi connectivity index (χ1n) is 8.98. The van der Waals surface area contributed by atoms with Crippen molar-refractivity contribution in [2.75, 3.05) is 6.26 Å². The van der Waals surface area contributed by atoms with Gasteiger partial charge in [0.15, 0.2) is 15.5 Å². The summed E-state index contributed by atoms with van der Waals surface area (Å²) in [5.74, 6) is 0. The molecule has 4 aromatic rings. The number of hydrogen-bond donors (Lipinski definition) is 0. The molecule has 6 heteroatoms. The van der Waals surface area contributed by atoms with Gasteiger partial charge in [-0.15, -0.1) is 0 Å². The zero-order valence-electron chi connectivity index (χ0n) is 16.3. The monoisotopic (exact) mass is 391 g/mol. The third-order valence-electron chi connectivity index (χ3n) is 5.03. The fraction of sp³-hybridized carbons (Fsp3) is 0.182. The van der Waals surface area contributed by atoms with Crippen LogP contribution >= 0.6 is 0 Å². The van der Waals surface area contributed by atoms with Gasteiger partial charge in [0.05, 0.1) is 10.5 Å². The lowest BCUT2D eigenvalue weighted by Crippen LogP contribution is -1.98. The van der Waals surface area contributed by atoms with E-state index in [4.69, 9.17) is 5.10 Å². The summed E-state index contributed by atoms with van der Waals surface area (Å²) in [6.07, 6.45) is 3.07. The Morgan fingerprint density at radius 3 is 2.07 bits per heavy atom. The second-order valence-electron chi connectivity index (χ2n) is 7.15. The number of hydrogen-bond acceptors (Lipinski definition) is 4. The molecule has 5 nitrogen and oxygen atoms in total. The van der Waals surface area contributed by atoms with Crippen LogP contribution in [0.1, 0.15) is 16.8 Å². The quantitative estimate of drug-likeness (QED) is 0.519. The molecule has 0 spiro atoms. The summed E-state index contributed by atoms with van der Waals surface area (Å²) >= 11 is 0. The first kappa shape index (κ1) is 18.4. The molecule has 2 aromatic heterocycles. The van der Waals surface area contributed by atoms with Crippen LogP contribution < -0.4 is 0 Å². The van der Waals surface area contributed by atoms with E-state index in [1.165, 1.54) is 11.8 Å². The molecule has 28 heavy (non-hydrogen) atoms. The van der Waals surface area contributed by atoms with Gasteiger partial charge >= 0.3 is 0 Å². The minimum Gasteiger partial charge on any atom is -0.236 e. The van der Waals surface area contributed by atoms with Crippen molar-refractivity contribution < 1.29 is 8.42 Å². The van der Waals surface area contributed by atoms with Crippen molar-refractivity contribution in [3.63, 3.8) is 0 Å². The smallest absolute Gasteiger partial charge is 0.175 e. The van der Waals surface area contributed by atoms with Crippen LogP contribution in [0, 0.1) is 20.8 Å². The lowest BCUT2D eigenvalue weighted by Gasteiger charge is -2.06. The van der Waals surface area contributed by atoms with Gasteiger partial charge in [0.25, 0.3) is 0 Å². The first-order valence-corrected chi connectivity index (χ1v) is 10.9. The zero-order valence-corrected chi connectivity index (χ0v) is 17.1. The van der Waals surface area contributed by atoms with Crippen LogP contribution in [0.5, 0.6) is 0 Å². The van der Waals surface area contributed by atoms with Crippen molar-refractivity contribution in [2.24, 2.45) is 0 Å². The third-order valence-corrected chi connectivity index (χ3v) is 6.15. The summed E-state index contributed by atoms with van der Waals surface area (Å²) in [4.78, 5) is 4.94. The summed E-state index contributed by atoms with van der Waals surface area (Å²) in [5, 5.41) is 4.84. The Bertz CT molecular complexity index is 1290. The van der Waals surface area contributed by atoms with Crippen molar-refractivity contribution in [2.45, 2.75) is 25.7 Å². The molecule has 0 radical (unpaired) electrons. The fourth-order valence-electron chi connectivity index (χ4n) is 3.23. The summed E-state index contributed by atoms with van der Waals surface area (Å²) in [6, 6.07) is 15.1. The number of aryl methyl sites for hydroxylation is 3. The maximum absolute atomic E-state index is 11.8. The summed E-state index contributed by atoms with van der Waals surface area (Å²) in [6.45, 7) is 6.08. The molecule has 0 fully saturated rings. The molecular weight excluding hydrogens is 370 g/mol. The number of benzene rings is 2. The average molecular weight is 391 g/mol. The van der Waals surface area contributed by atoms with Crippen LogP contribution in [0.15, 0.2) is 59.6 Å². The average Bonchev–Trinajstić information content (AvgIpc) is 3.05. The van der Waals surface area contributed by atoms with E-state index in [-0.39, 0.29) is 0 Å². The molecule has 0 saturated carbocycles. The SMILES string of the molecule is Cc1ccc(-c2c(-c3ccc(S(C)(=O)=O)cc3)nn3c(C)c(C)cnc23)cc1. The van der Waals surface area contributed by atoms with Gasteiger partial charge in [-0.25, -0.2) is 17.9 Å². The molecule has 0 aliphatic carbocycles. The molecule has 0 atom stereocenters. The van der Waals surface area contributed by atoms with Gasteiger partial charge in [-0.05, 0) is 44.0 Å². The molecule has 0 unspecified atom stereocenters. The van der Waals surface area contributed by atoms with E-state index in [1.807, 2.05) is 24.6 Å². The molecular formula is C22H21N3O2S. The van der Waals surface area contributed by atoms with Gasteiger partial charge in [0, 0.05) is 23.7 Å². The number of nitrogens with zero attached hydrogens (tertiary/aromatic N) is 3. The van der Waals surface area contributed by atoms with Crippen LogP contribution in [-0.4, -0.2) is 29.3 Å². The van der Waals surface area contributed by atoms with Gasteiger partial charge in [-0.3, -0.25) is 0 Å². The van der Waals surface area contributed by atoms with E-state index in [9.17, 15) is 8.42 Å². The molecule has 0 aliphatic heterocycles. The van der Waals surface area contributed by atoms with Crippen molar-refractivity contribution >= 4 is 15.5 Å². The molecule has 2 aromatic carbocycles. The van der Waals surface area contributed by atoms with Gasteiger partial charge in [-0.1, -0.05) is 42.0 Å². The second kappa shape index (κ2) is 6.56. The molecule has 2 heterocycles. The summed E-state index contributed by atoms with van der Waals surface area (Å²) < 4.78 is 25.5. The minimum absolute atomic E-state index is 0.294.